The fourth-order valence-corrected chi connectivity index (χ4v) is 4.81. The van der Waals surface area contributed by atoms with Crippen molar-refractivity contribution in [1.82, 2.24) is 14.4 Å². The van der Waals surface area contributed by atoms with Crippen molar-refractivity contribution >= 4 is 11.8 Å². The smallest absolute Gasteiger partial charge is 0.274 e. The normalized spacial score (nSPS) is 26.5. The highest BCUT2D eigenvalue weighted by atomic mass is 19.1. The lowest BCUT2D eigenvalue weighted by Crippen LogP contribution is -2.43. The van der Waals surface area contributed by atoms with Gasteiger partial charge >= 0.3 is 0 Å². The summed E-state index contributed by atoms with van der Waals surface area (Å²) in [7, 11) is 1.68. The Labute approximate surface area is 177 Å². The Hall–Kier alpha value is -2.41. The van der Waals surface area contributed by atoms with E-state index in [0.717, 1.165) is 19.4 Å². The average Bonchev–Trinajstić information content (AvgIpc) is 3.21. The number of allylic oxidation sites excluding steroid dienone is 4. The molecule has 2 bridgehead atoms. The molecule has 6 nitrogen and oxygen atoms in total. The van der Waals surface area contributed by atoms with Gasteiger partial charge < -0.3 is 19.1 Å². The zero-order valence-corrected chi connectivity index (χ0v) is 17.7. The van der Waals surface area contributed by atoms with E-state index in [2.05, 4.69) is 0 Å². The van der Waals surface area contributed by atoms with E-state index in [0.29, 0.717) is 43.9 Å². The number of rotatable bonds is 5. The summed E-state index contributed by atoms with van der Waals surface area (Å²) in [5, 5.41) is 0. The van der Waals surface area contributed by atoms with Gasteiger partial charge in [-0.05, 0) is 43.5 Å². The summed E-state index contributed by atoms with van der Waals surface area (Å²) in [5.41, 5.74) is 1.32. The van der Waals surface area contributed by atoms with Crippen LogP contribution < -0.4 is 0 Å². The van der Waals surface area contributed by atoms with E-state index in [1.807, 2.05) is 34.7 Å². The molecule has 3 heterocycles. The van der Waals surface area contributed by atoms with Crippen LogP contribution in [-0.2, 0) is 16.1 Å². The maximum atomic E-state index is 14.3. The van der Waals surface area contributed by atoms with Gasteiger partial charge in [0.25, 0.3) is 5.91 Å². The second-order valence-electron chi connectivity index (χ2n) is 8.52. The molecule has 3 unspecified atom stereocenters. The third-order valence-electron chi connectivity index (χ3n) is 6.62. The van der Waals surface area contributed by atoms with Gasteiger partial charge in [-0.25, -0.2) is 4.39 Å². The molecule has 3 aliphatic rings. The number of hydrogen-bond acceptors (Lipinski definition) is 3. The standard InChI is InChI=1S/C23H30FN3O3/c1-16-17-12-18(24)13-21(16)27(23(29)20-7-4-9-25(20)14-17)11-5-8-22(28)26-10-3-6-19(15-26)30-2/h4,7,9,12-13,16-17,19H,3,5-6,8,10-11,14-15H2,1-2H3. The molecule has 0 saturated carbocycles. The summed E-state index contributed by atoms with van der Waals surface area (Å²) >= 11 is 0. The van der Waals surface area contributed by atoms with Gasteiger partial charge in [0, 0.05) is 63.4 Å². The van der Waals surface area contributed by atoms with Gasteiger partial charge in [-0.1, -0.05) is 6.92 Å². The minimum atomic E-state index is -0.295. The third-order valence-corrected chi connectivity index (χ3v) is 6.62. The first-order valence-corrected chi connectivity index (χ1v) is 10.8. The van der Waals surface area contributed by atoms with E-state index in [4.69, 9.17) is 4.74 Å². The number of carbonyl (C=O) groups is 2. The number of amides is 2. The van der Waals surface area contributed by atoms with E-state index in [9.17, 15) is 14.0 Å². The van der Waals surface area contributed by atoms with E-state index in [-0.39, 0.29) is 35.6 Å². The lowest BCUT2D eigenvalue weighted by atomic mass is 9.85. The van der Waals surface area contributed by atoms with Crippen molar-refractivity contribution in [3.8, 4) is 0 Å². The van der Waals surface area contributed by atoms with Crippen LogP contribution in [-0.4, -0.2) is 59.0 Å². The summed E-state index contributed by atoms with van der Waals surface area (Å²) in [5.74, 6) is -0.307. The number of methoxy groups -OCH3 is 1. The van der Waals surface area contributed by atoms with Gasteiger partial charge in [0.15, 0.2) is 0 Å². The lowest BCUT2D eigenvalue weighted by molar-refractivity contribution is -0.134. The van der Waals surface area contributed by atoms with E-state index >= 15 is 0 Å². The van der Waals surface area contributed by atoms with Crippen LogP contribution in [0.4, 0.5) is 4.39 Å². The van der Waals surface area contributed by atoms with Crippen molar-refractivity contribution < 1.29 is 18.7 Å². The van der Waals surface area contributed by atoms with Crippen molar-refractivity contribution in [3.05, 3.63) is 47.7 Å². The summed E-state index contributed by atoms with van der Waals surface area (Å²) in [6.45, 7) is 4.41. The quantitative estimate of drug-likeness (QED) is 0.741. The maximum Gasteiger partial charge on any atom is 0.274 e. The Balaban J connectivity index is 1.47. The molecular formula is C23H30FN3O3. The SMILES string of the molecule is COC1CCCN(C(=O)CCCN2C(=O)c3cccn3CC3C=C(F)C=C2C3C)C1. The molecule has 30 heavy (non-hydrogen) atoms. The zero-order valence-electron chi connectivity index (χ0n) is 17.7. The Kier molecular flexibility index (Phi) is 6.09. The number of ether oxygens (including phenoxy) is 1. The van der Waals surface area contributed by atoms with Crippen LogP contribution in [0.15, 0.2) is 42.0 Å². The molecule has 4 rings (SSSR count). The second-order valence-corrected chi connectivity index (χ2v) is 8.52. The molecule has 1 aliphatic carbocycles. The van der Waals surface area contributed by atoms with Crippen molar-refractivity contribution in [2.24, 2.45) is 11.8 Å². The van der Waals surface area contributed by atoms with Gasteiger partial charge in [-0.15, -0.1) is 0 Å². The van der Waals surface area contributed by atoms with E-state index in [1.165, 1.54) is 6.08 Å². The fraction of sp³-hybridized carbons (Fsp3) is 0.565. The number of likely N-dealkylation sites (tertiary alicyclic amines) is 1. The lowest BCUT2D eigenvalue weighted by Gasteiger charge is -2.37. The minimum Gasteiger partial charge on any atom is -0.380 e. The Morgan fingerprint density at radius 1 is 1.33 bits per heavy atom. The molecule has 0 spiro atoms. The van der Waals surface area contributed by atoms with Gasteiger partial charge in [0.2, 0.25) is 5.91 Å². The van der Waals surface area contributed by atoms with Crippen molar-refractivity contribution in [1.29, 1.82) is 0 Å². The van der Waals surface area contributed by atoms with Crippen LogP contribution in [0.25, 0.3) is 0 Å². The van der Waals surface area contributed by atoms with Crippen LogP contribution in [0.5, 0.6) is 0 Å². The number of halogens is 1. The predicted octanol–water partition coefficient (Wildman–Crippen LogP) is 3.36. The summed E-state index contributed by atoms with van der Waals surface area (Å²) in [6.07, 6.45) is 7.94. The van der Waals surface area contributed by atoms with Gasteiger partial charge in [-0.2, -0.15) is 0 Å². The zero-order chi connectivity index (χ0) is 21.3. The molecule has 162 valence electrons. The van der Waals surface area contributed by atoms with Crippen LogP contribution in [0.1, 0.15) is 43.1 Å². The number of fused-ring (bicyclic) bond motifs is 3. The Bertz CT molecular complexity index is 875. The summed E-state index contributed by atoms with van der Waals surface area (Å²) < 4.78 is 21.6. The highest BCUT2D eigenvalue weighted by Gasteiger charge is 2.35. The Morgan fingerprint density at radius 2 is 2.17 bits per heavy atom. The molecule has 1 aromatic rings. The number of aromatic nitrogens is 1. The van der Waals surface area contributed by atoms with Crippen molar-refractivity contribution in [2.75, 3.05) is 26.7 Å². The average molecular weight is 416 g/mol. The van der Waals surface area contributed by atoms with Crippen LogP contribution >= 0.6 is 0 Å². The number of hydrogen-bond donors (Lipinski definition) is 0. The number of nitrogens with zero attached hydrogens (tertiary/aromatic N) is 3. The molecule has 1 fully saturated rings. The molecule has 3 atom stereocenters. The van der Waals surface area contributed by atoms with Gasteiger partial charge in [0.1, 0.15) is 11.5 Å². The molecule has 7 heteroatoms. The fourth-order valence-electron chi connectivity index (χ4n) is 4.81. The molecule has 2 amide bonds. The topological polar surface area (TPSA) is 54.8 Å². The largest absolute Gasteiger partial charge is 0.380 e. The van der Waals surface area contributed by atoms with E-state index < -0.39 is 0 Å². The van der Waals surface area contributed by atoms with E-state index in [1.54, 1.807) is 18.1 Å². The second kappa shape index (κ2) is 8.76. The summed E-state index contributed by atoms with van der Waals surface area (Å²) in [6, 6.07) is 3.66. The minimum absolute atomic E-state index is 0.00675. The first-order chi connectivity index (χ1) is 14.5. The highest BCUT2D eigenvalue weighted by Crippen LogP contribution is 2.36. The number of piperidine rings is 1. The van der Waals surface area contributed by atoms with Gasteiger partial charge in [0.05, 0.1) is 6.10 Å². The third kappa shape index (κ3) is 4.08. The molecule has 1 saturated heterocycles. The molecule has 0 radical (unpaired) electrons. The molecule has 2 aliphatic heterocycles. The predicted molar refractivity (Wildman–Crippen MR) is 111 cm³/mol. The van der Waals surface area contributed by atoms with Gasteiger partial charge in [-0.3, -0.25) is 9.59 Å². The van der Waals surface area contributed by atoms with Crippen LogP contribution in [0.2, 0.25) is 0 Å². The monoisotopic (exact) mass is 415 g/mol. The number of carbonyl (C=O) groups excluding carboxylic acids is 2. The molecule has 0 N–H and O–H groups in total. The van der Waals surface area contributed by atoms with Crippen LogP contribution in [0, 0.1) is 11.8 Å². The Morgan fingerprint density at radius 3 is 2.97 bits per heavy atom. The molecule has 1 aromatic heterocycles. The first-order valence-electron chi connectivity index (χ1n) is 10.8. The molecule has 0 aromatic carbocycles. The van der Waals surface area contributed by atoms with Crippen LogP contribution in [0.3, 0.4) is 0 Å². The van der Waals surface area contributed by atoms with Crippen molar-refractivity contribution in [3.63, 3.8) is 0 Å². The van der Waals surface area contributed by atoms with Crippen molar-refractivity contribution in [2.45, 2.75) is 45.3 Å². The molecular weight excluding hydrogens is 385 g/mol. The summed E-state index contributed by atoms with van der Waals surface area (Å²) in [4.78, 5) is 29.5. The first kappa shape index (κ1) is 20.8. The highest BCUT2D eigenvalue weighted by molar-refractivity contribution is 5.94. The maximum absolute atomic E-state index is 14.3.